The molecular formula is C14H18N2O3. The van der Waals surface area contributed by atoms with Crippen molar-refractivity contribution in [1.29, 1.82) is 0 Å². The fraction of sp³-hybridized carbons (Fsp3) is 0.357. The zero-order valence-corrected chi connectivity index (χ0v) is 11.4. The molecule has 0 N–H and O–H groups in total. The Hall–Kier alpha value is -2.17. The SMILES string of the molecule is COc1ccc(C(=O)CN2C=CN(C)C2)cc1OC. The molecule has 0 bridgehead atoms. The first-order chi connectivity index (χ1) is 9.13. The first kappa shape index (κ1) is 13.3. The maximum atomic E-state index is 12.2. The number of benzene rings is 1. The molecule has 1 aliphatic rings. The number of methoxy groups -OCH3 is 2. The van der Waals surface area contributed by atoms with E-state index in [1.54, 1.807) is 32.4 Å². The van der Waals surface area contributed by atoms with E-state index in [0.717, 1.165) is 6.67 Å². The van der Waals surface area contributed by atoms with Crippen LogP contribution in [0.1, 0.15) is 10.4 Å². The van der Waals surface area contributed by atoms with Crippen LogP contribution in [0.4, 0.5) is 0 Å². The van der Waals surface area contributed by atoms with Gasteiger partial charge in [-0.25, -0.2) is 0 Å². The van der Waals surface area contributed by atoms with Gasteiger partial charge < -0.3 is 19.3 Å². The van der Waals surface area contributed by atoms with Crippen molar-refractivity contribution >= 4 is 5.78 Å². The molecule has 19 heavy (non-hydrogen) atoms. The third-order valence-electron chi connectivity index (χ3n) is 2.99. The van der Waals surface area contributed by atoms with Gasteiger partial charge in [-0.05, 0) is 18.2 Å². The number of hydrogen-bond acceptors (Lipinski definition) is 5. The predicted octanol–water partition coefficient (Wildman–Crippen LogP) is 1.56. The Morgan fingerprint density at radius 2 is 1.95 bits per heavy atom. The van der Waals surface area contributed by atoms with Gasteiger partial charge in [-0.15, -0.1) is 0 Å². The van der Waals surface area contributed by atoms with Crippen LogP contribution < -0.4 is 9.47 Å². The topological polar surface area (TPSA) is 42.0 Å². The molecule has 0 aliphatic carbocycles. The minimum atomic E-state index is 0.0564. The molecule has 2 rings (SSSR count). The summed E-state index contributed by atoms with van der Waals surface area (Å²) in [5.41, 5.74) is 0.626. The van der Waals surface area contributed by atoms with Crippen molar-refractivity contribution in [2.75, 3.05) is 34.5 Å². The lowest BCUT2D eigenvalue weighted by atomic mass is 10.1. The van der Waals surface area contributed by atoms with Gasteiger partial charge in [0.2, 0.25) is 0 Å². The average Bonchev–Trinajstić information content (AvgIpc) is 2.83. The fourth-order valence-electron chi connectivity index (χ4n) is 1.98. The second-order valence-electron chi connectivity index (χ2n) is 4.44. The van der Waals surface area contributed by atoms with Crippen molar-refractivity contribution in [3.05, 3.63) is 36.2 Å². The molecule has 0 radical (unpaired) electrons. The van der Waals surface area contributed by atoms with E-state index in [1.807, 2.05) is 29.2 Å². The van der Waals surface area contributed by atoms with Gasteiger partial charge in [-0.1, -0.05) is 0 Å². The van der Waals surface area contributed by atoms with Gasteiger partial charge in [0, 0.05) is 25.0 Å². The summed E-state index contributed by atoms with van der Waals surface area (Å²) in [5, 5.41) is 0. The second-order valence-corrected chi connectivity index (χ2v) is 4.44. The highest BCUT2D eigenvalue weighted by Crippen LogP contribution is 2.27. The van der Waals surface area contributed by atoms with Crippen molar-refractivity contribution in [3.63, 3.8) is 0 Å². The molecule has 1 heterocycles. The van der Waals surface area contributed by atoms with Crippen molar-refractivity contribution in [3.8, 4) is 11.5 Å². The molecule has 1 aliphatic heterocycles. The highest BCUT2D eigenvalue weighted by atomic mass is 16.5. The van der Waals surface area contributed by atoms with E-state index in [4.69, 9.17) is 9.47 Å². The van der Waals surface area contributed by atoms with Crippen molar-refractivity contribution < 1.29 is 14.3 Å². The van der Waals surface area contributed by atoms with E-state index in [0.29, 0.717) is 23.6 Å². The molecule has 0 saturated carbocycles. The third-order valence-corrected chi connectivity index (χ3v) is 2.99. The quantitative estimate of drug-likeness (QED) is 0.753. The summed E-state index contributed by atoms with van der Waals surface area (Å²) in [6, 6.07) is 5.22. The van der Waals surface area contributed by atoms with Crippen LogP contribution >= 0.6 is 0 Å². The molecule has 0 saturated heterocycles. The normalized spacial score (nSPS) is 13.8. The molecule has 0 aromatic heterocycles. The first-order valence-corrected chi connectivity index (χ1v) is 6.02. The fourth-order valence-corrected chi connectivity index (χ4v) is 1.98. The van der Waals surface area contributed by atoms with Crippen LogP contribution in [0.15, 0.2) is 30.6 Å². The summed E-state index contributed by atoms with van der Waals surface area (Å²) < 4.78 is 10.4. The highest BCUT2D eigenvalue weighted by Gasteiger charge is 2.15. The molecule has 0 fully saturated rings. The van der Waals surface area contributed by atoms with Crippen molar-refractivity contribution in [2.24, 2.45) is 0 Å². The Balaban J connectivity index is 2.09. The van der Waals surface area contributed by atoms with Crippen LogP contribution in [0.2, 0.25) is 0 Å². The number of Topliss-reactive ketones (excluding diaryl/α,β-unsaturated/α-hetero) is 1. The third kappa shape index (κ3) is 2.99. The van der Waals surface area contributed by atoms with E-state index >= 15 is 0 Å². The van der Waals surface area contributed by atoms with E-state index in [2.05, 4.69) is 0 Å². The first-order valence-electron chi connectivity index (χ1n) is 6.02. The molecule has 0 atom stereocenters. The molecule has 0 spiro atoms. The van der Waals surface area contributed by atoms with Crippen LogP contribution in [0, 0.1) is 0 Å². The van der Waals surface area contributed by atoms with Crippen LogP contribution in [0.3, 0.4) is 0 Å². The van der Waals surface area contributed by atoms with Crippen LogP contribution in [0.5, 0.6) is 11.5 Å². The lowest BCUT2D eigenvalue weighted by Gasteiger charge is -2.17. The number of ether oxygens (including phenoxy) is 2. The maximum Gasteiger partial charge on any atom is 0.182 e. The van der Waals surface area contributed by atoms with E-state index in [-0.39, 0.29) is 5.78 Å². The highest BCUT2D eigenvalue weighted by molar-refractivity contribution is 5.98. The lowest BCUT2D eigenvalue weighted by Crippen LogP contribution is -2.28. The summed E-state index contributed by atoms with van der Waals surface area (Å²) in [6.45, 7) is 1.09. The Morgan fingerprint density at radius 1 is 1.21 bits per heavy atom. The van der Waals surface area contributed by atoms with Crippen LogP contribution in [-0.2, 0) is 0 Å². The van der Waals surface area contributed by atoms with E-state index in [1.165, 1.54) is 0 Å². The van der Waals surface area contributed by atoms with Gasteiger partial charge in [0.1, 0.15) is 0 Å². The Morgan fingerprint density at radius 3 is 2.53 bits per heavy atom. The molecule has 1 aromatic carbocycles. The van der Waals surface area contributed by atoms with Crippen molar-refractivity contribution in [1.82, 2.24) is 9.80 Å². The molecule has 0 unspecified atom stereocenters. The number of rotatable bonds is 5. The summed E-state index contributed by atoms with van der Waals surface area (Å²) >= 11 is 0. The van der Waals surface area contributed by atoms with Gasteiger partial charge in [0.15, 0.2) is 17.3 Å². The maximum absolute atomic E-state index is 12.2. The summed E-state index contributed by atoms with van der Waals surface area (Å²) in [5.74, 6) is 1.25. The summed E-state index contributed by atoms with van der Waals surface area (Å²) in [7, 11) is 5.10. The minimum Gasteiger partial charge on any atom is -0.493 e. The second kappa shape index (κ2) is 5.65. The minimum absolute atomic E-state index is 0.0564. The van der Waals surface area contributed by atoms with Crippen LogP contribution in [-0.4, -0.2) is 50.1 Å². The molecule has 102 valence electrons. The van der Waals surface area contributed by atoms with E-state index < -0.39 is 0 Å². The number of carbonyl (C=O) groups excluding carboxylic acids is 1. The molecule has 5 heteroatoms. The van der Waals surface area contributed by atoms with Gasteiger partial charge in [0.05, 0.1) is 27.4 Å². The zero-order valence-electron chi connectivity index (χ0n) is 11.4. The van der Waals surface area contributed by atoms with Crippen LogP contribution in [0.25, 0.3) is 0 Å². The predicted molar refractivity (Wildman–Crippen MR) is 72.4 cm³/mol. The van der Waals surface area contributed by atoms with E-state index in [9.17, 15) is 4.79 Å². The number of carbonyl (C=O) groups is 1. The number of nitrogens with zero attached hydrogens (tertiary/aromatic N) is 2. The molecular weight excluding hydrogens is 244 g/mol. The van der Waals surface area contributed by atoms with Crippen molar-refractivity contribution in [2.45, 2.75) is 0 Å². The average molecular weight is 262 g/mol. The summed E-state index contributed by atoms with van der Waals surface area (Å²) in [4.78, 5) is 16.2. The number of hydrogen-bond donors (Lipinski definition) is 0. The Bertz CT molecular complexity index is 499. The largest absolute Gasteiger partial charge is 0.493 e. The number of ketones is 1. The monoisotopic (exact) mass is 262 g/mol. The molecule has 1 aromatic rings. The van der Waals surface area contributed by atoms with Gasteiger partial charge >= 0.3 is 0 Å². The molecule has 5 nitrogen and oxygen atoms in total. The Labute approximate surface area is 113 Å². The smallest absolute Gasteiger partial charge is 0.182 e. The standard InChI is InChI=1S/C14H18N2O3/c1-15-6-7-16(10-15)9-12(17)11-4-5-13(18-2)14(8-11)19-3/h4-8H,9-10H2,1-3H3. The lowest BCUT2D eigenvalue weighted by molar-refractivity contribution is 0.0948. The molecule has 0 amide bonds. The van der Waals surface area contributed by atoms with Gasteiger partial charge in [-0.3, -0.25) is 4.79 Å². The summed E-state index contributed by atoms with van der Waals surface area (Å²) in [6.07, 6.45) is 3.86. The van der Waals surface area contributed by atoms with Gasteiger partial charge in [-0.2, -0.15) is 0 Å². The van der Waals surface area contributed by atoms with Gasteiger partial charge in [0.25, 0.3) is 0 Å². The zero-order chi connectivity index (χ0) is 13.8. The Kier molecular flexibility index (Phi) is 3.94.